The molecule has 0 aromatic heterocycles. The Hall–Kier alpha value is -3.55. The highest BCUT2D eigenvalue weighted by molar-refractivity contribution is 5.99. The minimum Gasteiger partial charge on any atom is -0.492 e. The van der Waals surface area contributed by atoms with Gasteiger partial charge in [-0.05, 0) is 24.3 Å². The van der Waals surface area contributed by atoms with E-state index in [-0.39, 0.29) is 32.0 Å². The topological polar surface area (TPSA) is 94.2 Å². The highest BCUT2D eigenvalue weighted by atomic mass is 16.5. The van der Waals surface area contributed by atoms with Crippen LogP contribution >= 0.6 is 0 Å². The number of esters is 1. The van der Waals surface area contributed by atoms with Crippen LogP contribution in [-0.4, -0.2) is 50.7 Å². The van der Waals surface area contributed by atoms with Crippen LogP contribution in [0.4, 0.5) is 5.69 Å². The molecule has 0 radical (unpaired) electrons. The molecule has 29 heavy (non-hydrogen) atoms. The average Bonchev–Trinajstić information content (AvgIpc) is 2.89. The molecule has 1 N–H and O–H groups in total. The van der Waals surface area contributed by atoms with Crippen molar-refractivity contribution < 1.29 is 28.6 Å². The summed E-state index contributed by atoms with van der Waals surface area (Å²) in [5.41, 5.74) is 0.509. The van der Waals surface area contributed by atoms with Gasteiger partial charge in [0, 0.05) is 0 Å². The molecule has 0 spiro atoms. The lowest BCUT2D eigenvalue weighted by atomic mass is 10.2. The number of benzene rings is 2. The predicted octanol–water partition coefficient (Wildman–Crippen LogP) is 1.54. The lowest BCUT2D eigenvalue weighted by Crippen LogP contribution is -2.38. The number of rotatable bonds is 8. The number of hydrogen-bond donors (Lipinski definition) is 1. The zero-order chi connectivity index (χ0) is 20.5. The van der Waals surface area contributed by atoms with Crippen LogP contribution in [0.2, 0.25) is 0 Å². The summed E-state index contributed by atoms with van der Waals surface area (Å²) >= 11 is 0. The first-order chi connectivity index (χ1) is 14.1. The zero-order valence-corrected chi connectivity index (χ0v) is 15.8. The molecule has 152 valence electrons. The summed E-state index contributed by atoms with van der Waals surface area (Å²) in [4.78, 5) is 37.6. The molecule has 1 heterocycles. The Morgan fingerprint density at radius 3 is 2.66 bits per heavy atom. The molecular formula is C21H22N2O6. The monoisotopic (exact) mass is 398 g/mol. The fourth-order valence-corrected chi connectivity index (χ4v) is 2.74. The van der Waals surface area contributed by atoms with Gasteiger partial charge in [0.1, 0.15) is 24.7 Å². The van der Waals surface area contributed by atoms with Crippen LogP contribution in [-0.2, 0) is 19.1 Å². The van der Waals surface area contributed by atoms with Crippen molar-refractivity contribution in [1.29, 1.82) is 0 Å². The van der Waals surface area contributed by atoms with Crippen molar-refractivity contribution in [1.82, 2.24) is 5.32 Å². The first kappa shape index (κ1) is 20.2. The maximum absolute atomic E-state index is 12.3. The Labute approximate surface area is 168 Å². The fourth-order valence-electron chi connectivity index (χ4n) is 2.74. The van der Waals surface area contributed by atoms with Crippen LogP contribution in [0.25, 0.3) is 0 Å². The Morgan fingerprint density at radius 1 is 1.07 bits per heavy atom. The minimum absolute atomic E-state index is 0.157. The Morgan fingerprint density at radius 2 is 1.83 bits per heavy atom. The van der Waals surface area contributed by atoms with Gasteiger partial charge in [-0.1, -0.05) is 30.3 Å². The number of nitrogens with one attached hydrogen (secondary N) is 1. The smallest absolute Gasteiger partial charge is 0.326 e. The average molecular weight is 398 g/mol. The van der Waals surface area contributed by atoms with E-state index < -0.39 is 18.5 Å². The normalized spacial score (nSPS) is 13.0. The maximum Gasteiger partial charge on any atom is 0.326 e. The Balaban J connectivity index is 1.41. The second kappa shape index (κ2) is 10.1. The van der Waals surface area contributed by atoms with Crippen LogP contribution in [0.3, 0.4) is 0 Å². The van der Waals surface area contributed by atoms with Crippen molar-refractivity contribution in [2.75, 3.05) is 37.8 Å². The second-order valence-corrected chi connectivity index (χ2v) is 6.22. The molecule has 8 heteroatoms. The molecular weight excluding hydrogens is 376 g/mol. The molecule has 2 amide bonds. The third-order valence-corrected chi connectivity index (χ3v) is 4.12. The van der Waals surface area contributed by atoms with E-state index in [0.29, 0.717) is 23.8 Å². The summed E-state index contributed by atoms with van der Waals surface area (Å²) in [5.74, 6) is -0.122. The van der Waals surface area contributed by atoms with Gasteiger partial charge in [-0.25, -0.2) is 0 Å². The minimum atomic E-state index is -0.675. The number of fused-ring (bicyclic) bond motifs is 1. The fraction of sp³-hybridized carbons (Fsp3) is 0.286. The molecule has 1 aliphatic heterocycles. The third kappa shape index (κ3) is 5.97. The molecule has 1 aliphatic rings. The van der Waals surface area contributed by atoms with E-state index in [1.807, 2.05) is 30.3 Å². The summed E-state index contributed by atoms with van der Waals surface area (Å²) in [6.07, 6.45) is 0.157. The summed E-state index contributed by atoms with van der Waals surface area (Å²) in [5, 5.41) is 2.60. The SMILES string of the molecule is O=C(COC(=O)CN1C(=O)CCOc2ccccc21)NCCOc1ccccc1. The lowest BCUT2D eigenvalue weighted by Gasteiger charge is -2.20. The molecule has 2 aromatic carbocycles. The van der Waals surface area contributed by atoms with Crippen LogP contribution in [0, 0.1) is 0 Å². The molecule has 0 fully saturated rings. The summed E-state index contributed by atoms with van der Waals surface area (Å²) in [6, 6.07) is 16.2. The summed E-state index contributed by atoms with van der Waals surface area (Å²) < 4.78 is 16.0. The van der Waals surface area contributed by atoms with Gasteiger partial charge in [0.05, 0.1) is 25.3 Å². The van der Waals surface area contributed by atoms with Crippen molar-refractivity contribution in [3.8, 4) is 11.5 Å². The Kier molecular flexibility index (Phi) is 7.05. The van der Waals surface area contributed by atoms with Gasteiger partial charge in [-0.15, -0.1) is 0 Å². The highest BCUT2D eigenvalue weighted by Crippen LogP contribution is 2.30. The molecule has 0 atom stereocenters. The molecule has 0 bridgehead atoms. The number of ether oxygens (including phenoxy) is 3. The summed E-state index contributed by atoms with van der Waals surface area (Å²) in [7, 11) is 0. The number of para-hydroxylation sites is 3. The second-order valence-electron chi connectivity index (χ2n) is 6.22. The molecule has 3 rings (SSSR count). The predicted molar refractivity (Wildman–Crippen MR) is 105 cm³/mol. The van der Waals surface area contributed by atoms with E-state index in [1.165, 1.54) is 4.90 Å². The van der Waals surface area contributed by atoms with E-state index in [1.54, 1.807) is 24.3 Å². The maximum atomic E-state index is 12.3. The van der Waals surface area contributed by atoms with Crippen molar-refractivity contribution in [3.63, 3.8) is 0 Å². The first-order valence-corrected chi connectivity index (χ1v) is 9.26. The molecule has 0 saturated heterocycles. The largest absolute Gasteiger partial charge is 0.492 e. The van der Waals surface area contributed by atoms with E-state index >= 15 is 0 Å². The number of nitrogens with zero attached hydrogens (tertiary/aromatic N) is 1. The van der Waals surface area contributed by atoms with Gasteiger partial charge >= 0.3 is 5.97 Å². The molecule has 0 saturated carbocycles. The van der Waals surface area contributed by atoms with Gasteiger partial charge in [0.25, 0.3) is 5.91 Å². The van der Waals surface area contributed by atoms with E-state index in [2.05, 4.69) is 5.32 Å². The first-order valence-electron chi connectivity index (χ1n) is 9.26. The number of amides is 2. The highest BCUT2D eigenvalue weighted by Gasteiger charge is 2.25. The molecule has 8 nitrogen and oxygen atoms in total. The van der Waals surface area contributed by atoms with Crippen LogP contribution in [0.5, 0.6) is 11.5 Å². The number of carbonyl (C=O) groups excluding carboxylic acids is 3. The van der Waals surface area contributed by atoms with Gasteiger partial charge in [0.15, 0.2) is 6.61 Å². The quantitative estimate of drug-likeness (QED) is 0.536. The Bertz CT molecular complexity index is 855. The molecule has 0 aliphatic carbocycles. The summed E-state index contributed by atoms with van der Waals surface area (Å²) in [6.45, 7) is 0.103. The van der Waals surface area contributed by atoms with Crippen molar-refractivity contribution in [2.45, 2.75) is 6.42 Å². The number of carbonyl (C=O) groups is 3. The standard InChI is InChI=1S/C21H22N2O6/c24-19(22-11-13-27-16-6-2-1-3-7-16)15-29-21(26)14-23-17-8-4-5-9-18(17)28-12-10-20(23)25/h1-9H,10-15H2,(H,22,24). The number of anilines is 1. The van der Waals surface area contributed by atoms with E-state index in [4.69, 9.17) is 14.2 Å². The van der Waals surface area contributed by atoms with Gasteiger partial charge in [0.2, 0.25) is 5.91 Å². The van der Waals surface area contributed by atoms with Crippen molar-refractivity contribution in [3.05, 3.63) is 54.6 Å². The van der Waals surface area contributed by atoms with Crippen molar-refractivity contribution >= 4 is 23.5 Å². The lowest BCUT2D eigenvalue weighted by molar-refractivity contribution is -0.147. The van der Waals surface area contributed by atoms with Crippen LogP contribution in [0.15, 0.2) is 54.6 Å². The van der Waals surface area contributed by atoms with E-state index in [0.717, 1.165) is 0 Å². The van der Waals surface area contributed by atoms with Gasteiger partial charge in [-0.2, -0.15) is 0 Å². The zero-order valence-electron chi connectivity index (χ0n) is 15.8. The van der Waals surface area contributed by atoms with Gasteiger partial charge in [-0.3, -0.25) is 19.3 Å². The van der Waals surface area contributed by atoms with Crippen LogP contribution < -0.4 is 19.7 Å². The number of hydrogen-bond acceptors (Lipinski definition) is 6. The van der Waals surface area contributed by atoms with Gasteiger partial charge < -0.3 is 19.5 Å². The van der Waals surface area contributed by atoms with E-state index in [9.17, 15) is 14.4 Å². The molecule has 0 unspecified atom stereocenters. The van der Waals surface area contributed by atoms with Crippen molar-refractivity contribution in [2.24, 2.45) is 0 Å². The molecule has 2 aromatic rings. The van der Waals surface area contributed by atoms with Crippen LogP contribution in [0.1, 0.15) is 6.42 Å². The third-order valence-electron chi connectivity index (χ3n) is 4.12.